The average molecular weight is 411 g/mol. The smallest absolute Gasteiger partial charge is 0.306 e. The van der Waals surface area contributed by atoms with Gasteiger partial charge in [-0.3, -0.25) is 9.80 Å². The van der Waals surface area contributed by atoms with Crippen LogP contribution in [-0.2, 0) is 11.3 Å². The summed E-state index contributed by atoms with van der Waals surface area (Å²) in [5, 5.41) is 14.5. The van der Waals surface area contributed by atoms with Crippen LogP contribution in [0.15, 0.2) is 47.2 Å². The van der Waals surface area contributed by atoms with Gasteiger partial charge >= 0.3 is 5.97 Å². The van der Waals surface area contributed by atoms with Crippen molar-refractivity contribution in [3.05, 3.63) is 47.8 Å². The fourth-order valence-electron chi connectivity index (χ4n) is 4.14. The van der Waals surface area contributed by atoms with Crippen molar-refractivity contribution in [2.24, 2.45) is 10.9 Å². The van der Waals surface area contributed by atoms with E-state index in [4.69, 9.17) is 14.5 Å². The van der Waals surface area contributed by atoms with E-state index >= 15 is 0 Å². The minimum atomic E-state index is -0.702. The molecule has 0 saturated carbocycles. The molecule has 4 aliphatic heterocycles. The summed E-state index contributed by atoms with van der Waals surface area (Å²) in [6.45, 7) is 2.29. The molecular weight excluding hydrogens is 386 g/mol. The zero-order valence-corrected chi connectivity index (χ0v) is 16.6. The number of ether oxygens (including phenoxy) is 2. The summed E-state index contributed by atoms with van der Waals surface area (Å²) < 4.78 is 10.8. The maximum atomic E-state index is 11.2. The molecule has 0 spiro atoms. The van der Waals surface area contributed by atoms with Gasteiger partial charge in [-0.1, -0.05) is 12.1 Å². The van der Waals surface area contributed by atoms with Gasteiger partial charge in [-0.25, -0.2) is 10.4 Å². The molecular formula is C21H25N5O4. The molecule has 0 radical (unpaired) electrons. The van der Waals surface area contributed by atoms with Crippen molar-refractivity contribution >= 4 is 11.9 Å². The second kappa shape index (κ2) is 7.91. The van der Waals surface area contributed by atoms with Crippen molar-refractivity contribution in [2.75, 3.05) is 19.9 Å². The minimum Gasteiger partial charge on any atom is -0.481 e. The molecule has 1 unspecified atom stereocenters. The Kier molecular flexibility index (Phi) is 4.96. The summed E-state index contributed by atoms with van der Waals surface area (Å²) in [7, 11) is 0. The number of hydrogen-bond donors (Lipinski definition) is 3. The fraction of sp³-hybridized carbons (Fsp3) is 0.429. The maximum Gasteiger partial charge on any atom is 0.306 e. The molecule has 30 heavy (non-hydrogen) atoms. The first-order chi connectivity index (χ1) is 14.7. The molecule has 1 atom stereocenters. The van der Waals surface area contributed by atoms with Crippen molar-refractivity contribution in [1.82, 2.24) is 20.7 Å². The van der Waals surface area contributed by atoms with Crippen molar-refractivity contribution in [1.29, 1.82) is 0 Å². The first kappa shape index (κ1) is 18.8. The van der Waals surface area contributed by atoms with Crippen molar-refractivity contribution < 1.29 is 19.4 Å². The lowest BCUT2D eigenvalue weighted by Crippen LogP contribution is -2.51. The van der Waals surface area contributed by atoms with Gasteiger partial charge in [-0.2, -0.15) is 0 Å². The van der Waals surface area contributed by atoms with Crippen molar-refractivity contribution in [2.45, 2.75) is 32.0 Å². The Hall–Kier alpha value is -3.20. The van der Waals surface area contributed by atoms with E-state index in [0.717, 1.165) is 29.4 Å². The summed E-state index contributed by atoms with van der Waals surface area (Å²) in [6.07, 6.45) is 8.16. The van der Waals surface area contributed by atoms with Crippen LogP contribution in [0.2, 0.25) is 0 Å². The Bertz CT molecular complexity index is 920. The average Bonchev–Trinajstić information content (AvgIpc) is 3.25. The van der Waals surface area contributed by atoms with Gasteiger partial charge in [0.15, 0.2) is 23.6 Å². The number of rotatable bonds is 4. The number of allylic oxidation sites excluding steroid dienone is 1. The first-order valence-corrected chi connectivity index (χ1v) is 10.3. The van der Waals surface area contributed by atoms with E-state index in [0.29, 0.717) is 32.5 Å². The van der Waals surface area contributed by atoms with E-state index in [-0.39, 0.29) is 18.9 Å². The Labute approximate surface area is 174 Å². The van der Waals surface area contributed by atoms with Crippen LogP contribution < -0.4 is 20.2 Å². The van der Waals surface area contributed by atoms with Gasteiger partial charge in [-0.05, 0) is 42.5 Å². The van der Waals surface area contributed by atoms with Gasteiger partial charge in [0.2, 0.25) is 6.79 Å². The Balaban J connectivity index is 1.25. The van der Waals surface area contributed by atoms with E-state index in [1.165, 1.54) is 5.57 Å². The number of carboxylic acid groups (broad SMARTS) is 1. The molecule has 3 N–H and O–H groups in total. The van der Waals surface area contributed by atoms with E-state index in [1.807, 2.05) is 35.6 Å². The molecule has 1 saturated heterocycles. The molecule has 158 valence electrons. The Morgan fingerprint density at radius 2 is 2.10 bits per heavy atom. The molecule has 0 bridgehead atoms. The van der Waals surface area contributed by atoms with Gasteiger partial charge in [0.05, 0.1) is 5.92 Å². The molecule has 0 aliphatic carbocycles. The highest BCUT2D eigenvalue weighted by Crippen LogP contribution is 2.32. The number of fused-ring (bicyclic) bond motifs is 2. The lowest BCUT2D eigenvalue weighted by Gasteiger charge is -2.39. The number of piperidine rings is 1. The molecule has 5 rings (SSSR count). The van der Waals surface area contributed by atoms with Crippen molar-refractivity contribution in [3.63, 3.8) is 0 Å². The second-order valence-corrected chi connectivity index (χ2v) is 7.81. The monoisotopic (exact) mass is 411 g/mol. The highest BCUT2D eigenvalue weighted by Gasteiger charge is 2.30. The van der Waals surface area contributed by atoms with Crippen molar-refractivity contribution in [3.8, 4) is 11.5 Å². The number of guanidine groups is 1. The summed E-state index contributed by atoms with van der Waals surface area (Å²) in [6, 6.07) is 5.94. The zero-order chi connectivity index (χ0) is 20.5. The third-order valence-corrected chi connectivity index (χ3v) is 5.89. The van der Waals surface area contributed by atoms with E-state index in [2.05, 4.69) is 21.7 Å². The largest absolute Gasteiger partial charge is 0.481 e. The van der Waals surface area contributed by atoms with Gasteiger partial charge in [0.1, 0.15) is 0 Å². The molecule has 0 aromatic heterocycles. The third-order valence-electron chi connectivity index (χ3n) is 5.89. The van der Waals surface area contributed by atoms with Gasteiger partial charge in [0.25, 0.3) is 0 Å². The molecule has 4 heterocycles. The molecule has 9 heteroatoms. The Morgan fingerprint density at radius 3 is 2.93 bits per heavy atom. The number of carbonyl (C=O) groups is 1. The maximum absolute atomic E-state index is 11.2. The minimum absolute atomic E-state index is 0.127. The summed E-state index contributed by atoms with van der Waals surface area (Å²) >= 11 is 0. The number of likely N-dealkylation sites (tertiary alicyclic amines) is 1. The highest BCUT2D eigenvalue weighted by molar-refractivity contribution is 5.83. The molecule has 1 aromatic rings. The second-order valence-electron chi connectivity index (χ2n) is 7.81. The zero-order valence-electron chi connectivity index (χ0n) is 16.6. The molecule has 0 amide bonds. The number of nitrogens with one attached hydrogen (secondary N) is 2. The lowest BCUT2D eigenvalue weighted by molar-refractivity contribution is -0.143. The quantitative estimate of drug-likeness (QED) is 0.687. The molecule has 1 aromatic carbocycles. The number of hydrazine groups is 1. The van der Waals surface area contributed by atoms with Crippen LogP contribution in [0.5, 0.6) is 11.5 Å². The third kappa shape index (κ3) is 3.68. The van der Waals surface area contributed by atoms with Gasteiger partial charge in [0, 0.05) is 32.0 Å². The van der Waals surface area contributed by atoms with Gasteiger partial charge < -0.3 is 24.8 Å². The van der Waals surface area contributed by atoms with E-state index in [9.17, 15) is 9.90 Å². The van der Waals surface area contributed by atoms with Crippen LogP contribution in [0, 0.1) is 5.92 Å². The normalized spacial score (nSPS) is 22.9. The molecule has 9 nitrogen and oxygen atoms in total. The van der Waals surface area contributed by atoms with Crippen LogP contribution in [0.25, 0.3) is 0 Å². The van der Waals surface area contributed by atoms with Crippen LogP contribution in [0.3, 0.4) is 0 Å². The number of carboxylic acids is 1. The topological polar surface area (TPSA) is 98.7 Å². The first-order valence-electron chi connectivity index (χ1n) is 10.3. The summed E-state index contributed by atoms with van der Waals surface area (Å²) in [5.74, 6) is 1.40. The summed E-state index contributed by atoms with van der Waals surface area (Å²) in [4.78, 5) is 18.3. The predicted octanol–water partition coefficient (Wildman–Crippen LogP) is 1.61. The van der Waals surface area contributed by atoms with Crippen LogP contribution >= 0.6 is 0 Å². The van der Waals surface area contributed by atoms with Crippen LogP contribution in [-0.4, -0.2) is 53.0 Å². The Morgan fingerprint density at radius 1 is 1.27 bits per heavy atom. The van der Waals surface area contributed by atoms with Gasteiger partial charge in [-0.15, -0.1) is 0 Å². The predicted molar refractivity (Wildman–Crippen MR) is 109 cm³/mol. The molecule has 4 aliphatic rings. The standard InChI is InChI=1S/C21H25N5O4/c27-20(28)15-5-8-25(9-6-15)21-22-12-16-2-1-7-26(19(16)24-21)23-11-14-3-4-17-18(10-14)30-13-29-17/h1,3-4,7,10,12,15,19,23H,2,5-6,8-9,11,13H2,(H,22,24)(H,27,28). The number of benzene rings is 1. The number of hydrogen-bond acceptors (Lipinski definition) is 8. The fourth-order valence-corrected chi connectivity index (χ4v) is 4.14. The number of nitrogens with zero attached hydrogens (tertiary/aromatic N) is 3. The van der Waals surface area contributed by atoms with Crippen LogP contribution in [0.4, 0.5) is 0 Å². The SMILES string of the molecule is O=C(O)C1CCN(C2=NC3C(=CN2)CC=CN3NCc2ccc3c(c2)OCO3)CC1. The lowest BCUT2D eigenvalue weighted by atomic mass is 9.97. The number of aliphatic imine (C=N–C) groups is 1. The van der Waals surface area contributed by atoms with E-state index < -0.39 is 5.97 Å². The highest BCUT2D eigenvalue weighted by atomic mass is 16.7. The molecule has 1 fully saturated rings. The number of aliphatic carboxylic acids is 1. The van der Waals surface area contributed by atoms with E-state index in [1.54, 1.807) is 0 Å². The van der Waals surface area contributed by atoms with Crippen LogP contribution in [0.1, 0.15) is 24.8 Å². The summed E-state index contributed by atoms with van der Waals surface area (Å²) in [5.41, 5.74) is 5.73.